The van der Waals surface area contributed by atoms with Gasteiger partial charge in [-0.25, -0.2) is 0 Å². The summed E-state index contributed by atoms with van der Waals surface area (Å²) >= 11 is 0. The molecule has 1 aliphatic rings. The number of aliphatic hydroxyl groups excluding tert-OH is 1. The molecule has 0 aromatic heterocycles. The number of hydrogen-bond donors (Lipinski definition) is 2. The summed E-state index contributed by atoms with van der Waals surface area (Å²) in [4.78, 5) is 0. The Morgan fingerprint density at radius 2 is 2.41 bits per heavy atom. The highest BCUT2D eigenvalue weighted by molar-refractivity contribution is 5.40. The van der Waals surface area contributed by atoms with Crippen LogP contribution in [0.15, 0.2) is 18.2 Å². The average Bonchev–Trinajstić information content (AvgIpc) is 2.81. The van der Waals surface area contributed by atoms with Crippen molar-refractivity contribution < 1.29 is 14.6 Å². The van der Waals surface area contributed by atoms with E-state index in [2.05, 4.69) is 5.32 Å². The molecule has 94 valence electrons. The van der Waals surface area contributed by atoms with E-state index in [0.29, 0.717) is 13.2 Å². The first kappa shape index (κ1) is 12.4. The normalized spacial score (nSPS) is 15.4. The highest BCUT2D eigenvalue weighted by Crippen LogP contribution is 2.27. The molecule has 0 amide bonds. The molecular formula is C13H19NO3. The van der Waals surface area contributed by atoms with Gasteiger partial charge in [-0.3, -0.25) is 0 Å². The number of rotatable bonds is 6. The van der Waals surface area contributed by atoms with Crippen molar-refractivity contribution in [2.75, 3.05) is 33.4 Å². The van der Waals surface area contributed by atoms with Crippen LogP contribution in [0.1, 0.15) is 17.2 Å². The minimum absolute atomic E-state index is 0.474. The first-order valence-corrected chi connectivity index (χ1v) is 5.94. The third-order valence-corrected chi connectivity index (χ3v) is 2.92. The van der Waals surface area contributed by atoms with Gasteiger partial charge in [-0.2, -0.15) is 0 Å². The minimum atomic E-state index is -0.474. The maximum atomic E-state index is 10.0. The molecule has 0 spiro atoms. The molecule has 1 aliphatic heterocycles. The standard InChI is InChI=1S/C13H19NO3/c1-16-7-5-14-9-12(15)10-2-3-13-11(8-10)4-6-17-13/h2-3,8,12,14-15H,4-7,9H2,1H3. The van der Waals surface area contributed by atoms with Crippen molar-refractivity contribution in [3.63, 3.8) is 0 Å². The van der Waals surface area contributed by atoms with Crippen LogP contribution in [0.25, 0.3) is 0 Å². The minimum Gasteiger partial charge on any atom is -0.493 e. The Hall–Kier alpha value is -1.10. The smallest absolute Gasteiger partial charge is 0.122 e. The molecule has 0 aliphatic carbocycles. The van der Waals surface area contributed by atoms with Gasteiger partial charge >= 0.3 is 0 Å². The predicted molar refractivity (Wildman–Crippen MR) is 65.3 cm³/mol. The molecule has 17 heavy (non-hydrogen) atoms. The fourth-order valence-electron chi connectivity index (χ4n) is 1.94. The summed E-state index contributed by atoms with van der Waals surface area (Å²) in [6, 6.07) is 5.90. The van der Waals surface area contributed by atoms with Crippen LogP contribution < -0.4 is 10.1 Å². The molecule has 0 bridgehead atoms. The summed E-state index contributed by atoms with van der Waals surface area (Å²) in [6.45, 7) is 2.70. The molecule has 4 heteroatoms. The van der Waals surface area contributed by atoms with E-state index in [0.717, 1.165) is 30.9 Å². The largest absolute Gasteiger partial charge is 0.493 e. The van der Waals surface area contributed by atoms with E-state index in [1.54, 1.807) is 7.11 Å². The molecule has 1 heterocycles. The van der Waals surface area contributed by atoms with Gasteiger partial charge in [0.05, 0.1) is 19.3 Å². The van der Waals surface area contributed by atoms with E-state index < -0.39 is 6.10 Å². The van der Waals surface area contributed by atoms with Crippen LogP contribution in [0, 0.1) is 0 Å². The number of ether oxygens (including phenoxy) is 2. The molecule has 0 radical (unpaired) electrons. The van der Waals surface area contributed by atoms with Crippen LogP contribution in [0.5, 0.6) is 5.75 Å². The number of fused-ring (bicyclic) bond motifs is 1. The quantitative estimate of drug-likeness (QED) is 0.721. The lowest BCUT2D eigenvalue weighted by molar-refractivity contribution is 0.161. The van der Waals surface area contributed by atoms with Crippen LogP contribution in [0.3, 0.4) is 0 Å². The van der Waals surface area contributed by atoms with E-state index in [-0.39, 0.29) is 0 Å². The third kappa shape index (κ3) is 3.19. The first-order valence-electron chi connectivity index (χ1n) is 5.94. The van der Waals surface area contributed by atoms with Crippen LogP contribution in [-0.4, -0.2) is 38.5 Å². The monoisotopic (exact) mass is 237 g/mol. The Labute approximate surface area is 102 Å². The van der Waals surface area contributed by atoms with Crippen molar-refractivity contribution in [2.45, 2.75) is 12.5 Å². The molecule has 4 nitrogen and oxygen atoms in total. The second-order valence-corrected chi connectivity index (χ2v) is 4.18. The van der Waals surface area contributed by atoms with E-state index >= 15 is 0 Å². The summed E-state index contributed by atoms with van der Waals surface area (Å²) in [6.07, 6.45) is 0.463. The lowest BCUT2D eigenvalue weighted by Gasteiger charge is -2.13. The fourth-order valence-corrected chi connectivity index (χ4v) is 1.94. The van der Waals surface area contributed by atoms with Crippen molar-refractivity contribution in [1.29, 1.82) is 0 Å². The fraction of sp³-hybridized carbons (Fsp3) is 0.538. The third-order valence-electron chi connectivity index (χ3n) is 2.92. The number of benzene rings is 1. The van der Waals surface area contributed by atoms with Crippen molar-refractivity contribution in [3.8, 4) is 5.75 Å². The van der Waals surface area contributed by atoms with Crippen molar-refractivity contribution in [1.82, 2.24) is 5.32 Å². The second kappa shape index (κ2) is 6.00. The average molecular weight is 237 g/mol. The van der Waals surface area contributed by atoms with E-state index in [1.165, 1.54) is 5.56 Å². The Morgan fingerprint density at radius 3 is 3.24 bits per heavy atom. The van der Waals surface area contributed by atoms with Gasteiger partial charge in [0, 0.05) is 26.6 Å². The van der Waals surface area contributed by atoms with Gasteiger partial charge in [0.1, 0.15) is 5.75 Å². The number of nitrogens with one attached hydrogen (secondary N) is 1. The van der Waals surface area contributed by atoms with Crippen LogP contribution in [-0.2, 0) is 11.2 Å². The zero-order valence-corrected chi connectivity index (χ0v) is 10.1. The first-order chi connectivity index (χ1) is 8.31. The zero-order valence-electron chi connectivity index (χ0n) is 10.1. The molecule has 0 fully saturated rings. The van der Waals surface area contributed by atoms with Crippen molar-refractivity contribution in [3.05, 3.63) is 29.3 Å². The Morgan fingerprint density at radius 1 is 1.53 bits per heavy atom. The molecule has 2 N–H and O–H groups in total. The second-order valence-electron chi connectivity index (χ2n) is 4.18. The highest BCUT2D eigenvalue weighted by atomic mass is 16.5. The van der Waals surface area contributed by atoms with Crippen LogP contribution in [0.2, 0.25) is 0 Å². The van der Waals surface area contributed by atoms with Gasteiger partial charge < -0.3 is 19.9 Å². The lowest BCUT2D eigenvalue weighted by Crippen LogP contribution is -2.25. The van der Waals surface area contributed by atoms with Gasteiger partial charge in [-0.15, -0.1) is 0 Å². The molecule has 0 saturated carbocycles. The zero-order chi connectivity index (χ0) is 12.1. The van der Waals surface area contributed by atoms with E-state index in [4.69, 9.17) is 9.47 Å². The van der Waals surface area contributed by atoms with Gasteiger partial charge in [0.25, 0.3) is 0 Å². The Balaban J connectivity index is 1.88. The Bertz CT molecular complexity index is 368. The van der Waals surface area contributed by atoms with E-state index in [1.807, 2.05) is 18.2 Å². The summed E-state index contributed by atoms with van der Waals surface area (Å²) in [5.74, 6) is 0.952. The van der Waals surface area contributed by atoms with Crippen LogP contribution in [0.4, 0.5) is 0 Å². The summed E-state index contributed by atoms with van der Waals surface area (Å²) in [5, 5.41) is 13.2. The van der Waals surface area contributed by atoms with Crippen molar-refractivity contribution in [2.24, 2.45) is 0 Å². The predicted octanol–water partition coefficient (Wildman–Crippen LogP) is 0.891. The maximum absolute atomic E-state index is 10.0. The topological polar surface area (TPSA) is 50.7 Å². The van der Waals surface area contributed by atoms with Gasteiger partial charge in [0.2, 0.25) is 0 Å². The van der Waals surface area contributed by atoms with Crippen LogP contribution >= 0.6 is 0 Å². The number of hydrogen-bond acceptors (Lipinski definition) is 4. The Kier molecular flexibility index (Phi) is 4.36. The summed E-state index contributed by atoms with van der Waals surface area (Å²) in [7, 11) is 1.67. The molecular weight excluding hydrogens is 218 g/mol. The number of aliphatic hydroxyl groups is 1. The highest BCUT2D eigenvalue weighted by Gasteiger charge is 2.15. The molecule has 1 aromatic carbocycles. The summed E-state index contributed by atoms with van der Waals surface area (Å²) < 4.78 is 10.4. The molecule has 1 unspecified atom stereocenters. The van der Waals surface area contributed by atoms with E-state index in [9.17, 15) is 5.11 Å². The molecule has 1 atom stereocenters. The van der Waals surface area contributed by atoms with Gasteiger partial charge in [-0.05, 0) is 23.3 Å². The number of methoxy groups -OCH3 is 1. The molecule has 0 saturated heterocycles. The van der Waals surface area contributed by atoms with Gasteiger partial charge in [0.15, 0.2) is 0 Å². The SMILES string of the molecule is COCCNCC(O)c1ccc2c(c1)CCO2. The summed E-state index contributed by atoms with van der Waals surface area (Å²) in [5.41, 5.74) is 2.14. The molecule has 1 aromatic rings. The lowest BCUT2D eigenvalue weighted by atomic mass is 10.0. The maximum Gasteiger partial charge on any atom is 0.122 e. The van der Waals surface area contributed by atoms with Gasteiger partial charge in [-0.1, -0.05) is 6.07 Å². The molecule has 2 rings (SSSR count). The van der Waals surface area contributed by atoms with Crippen molar-refractivity contribution >= 4 is 0 Å².